The van der Waals surface area contributed by atoms with Crippen LogP contribution in [0.25, 0.3) is 11.5 Å². The SMILES string of the molecule is C[n+]1ccc(-c2nnc(N3CCN(c4ccccc4)CC3)o2)cc1. The lowest BCUT2D eigenvalue weighted by atomic mass is 10.2. The zero-order chi connectivity index (χ0) is 16.4. The molecule has 3 heterocycles. The topological polar surface area (TPSA) is 49.3 Å². The molecule has 1 fully saturated rings. The maximum atomic E-state index is 5.87. The van der Waals surface area contributed by atoms with Crippen LogP contribution in [0.5, 0.6) is 0 Å². The van der Waals surface area contributed by atoms with Gasteiger partial charge in [-0.25, -0.2) is 4.57 Å². The van der Waals surface area contributed by atoms with E-state index >= 15 is 0 Å². The zero-order valence-electron chi connectivity index (χ0n) is 13.7. The minimum Gasteiger partial charge on any atom is -0.403 e. The Labute approximate surface area is 141 Å². The summed E-state index contributed by atoms with van der Waals surface area (Å²) >= 11 is 0. The largest absolute Gasteiger partial charge is 0.403 e. The molecule has 0 atom stereocenters. The number of benzene rings is 1. The molecule has 3 aromatic rings. The van der Waals surface area contributed by atoms with Gasteiger partial charge in [0.1, 0.15) is 7.05 Å². The number of aromatic nitrogens is 3. The predicted octanol–water partition coefficient (Wildman–Crippen LogP) is 1.89. The van der Waals surface area contributed by atoms with Gasteiger partial charge < -0.3 is 14.2 Å². The number of anilines is 2. The first-order valence-corrected chi connectivity index (χ1v) is 8.14. The minimum absolute atomic E-state index is 0.566. The van der Waals surface area contributed by atoms with Crippen molar-refractivity contribution in [2.45, 2.75) is 0 Å². The van der Waals surface area contributed by atoms with Crippen LogP contribution in [0.3, 0.4) is 0 Å². The third-order valence-electron chi connectivity index (χ3n) is 4.31. The summed E-state index contributed by atoms with van der Waals surface area (Å²) in [6, 6.07) is 15.0. The number of rotatable bonds is 3. The summed E-state index contributed by atoms with van der Waals surface area (Å²) < 4.78 is 7.84. The van der Waals surface area contributed by atoms with Crippen molar-refractivity contribution < 1.29 is 8.98 Å². The third-order valence-corrected chi connectivity index (χ3v) is 4.31. The summed E-state index contributed by atoms with van der Waals surface area (Å²) in [5.74, 6) is 0.566. The van der Waals surface area contributed by atoms with Crippen LogP contribution in [0.15, 0.2) is 59.3 Å². The van der Waals surface area contributed by atoms with Gasteiger partial charge in [0.05, 0.1) is 5.56 Å². The lowest BCUT2D eigenvalue weighted by Crippen LogP contribution is -2.46. The van der Waals surface area contributed by atoms with Gasteiger partial charge in [0.15, 0.2) is 12.4 Å². The van der Waals surface area contributed by atoms with Crippen LogP contribution in [0, 0.1) is 0 Å². The Morgan fingerprint density at radius 1 is 0.875 bits per heavy atom. The van der Waals surface area contributed by atoms with E-state index in [1.807, 2.05) is 42.2 Å². The molecular weight excluding hydrogens is 302 g/mol. The Kier molecular flexibility index (Phi) is 3.86. The fraction of sp³-hybridized carbons (Fsp3) is 0.278. The molecule has 4 rings (SSSR count). The van der Waals surface area contributed by atoms with Crippen LogP contribution < -0.4 is 14.4 Å². The predicted molar refractivity (Wildman–Crippen MR) is 91.8 cm³/mol. The number of piperazine rings is 1. The molecule has 24 heavy (non-hydrogen) atoms. The molecule has 0 saturated carbocycles. The summed E-state index contributed by atoms with van der Waals surface area (Å²) in [5.41, 5.74) is 2.20. The van der Waals surface area contributed by atoms with Crippen LogP contribution in [0.2, 0.25) is 0 Å². The Morgan fingerprint density at radius 2 is 1.54 bits per heavy atom. The van der Waals surface area contributed by atoms with Crippen molar-refractivity contribution in [3.63, 3.8) is 0 Å². The summed E-state index contributed by atoms with van der Waals surface area (Å²) in [5, 5.41) is 8.41. The number of aryl methyl sites for hydroxylation is 1. The minimum atomic E-state index is 0.566. The number of pyridine rings is 1. The van der Waals surface area contributed by atoms with Crippen molar-refractivity contribution in [1.82, 2.24) is 10.2 Å². The molecule has 6 heteroatoms. The monoisotopic (exact) mass is 322 g/mol. The average molecular weight is 322 g/mol. The van der Waals surface area contributed by atoms with Crippen molar-refractivity contribution in [1.29, 1.82) is 0 Å². The number of nitrogens with zero attached hydrogens (tertiary/aromatic N) is 5. The zero-order valence-corrected chi connectivity index (χ0v) is 13.7. The first kappa shape index (κ1) is 14.7. The molecule has 0 bridgehead atoms. The van der Waals surface area contributed by atoms with Gasteiger partial charge in [-0.2, -0.15) is 0 Å². The molecule has 1 aliphatic heterocycles. The van der Waals surface area contributed by atoms with Crippen LogP contribution in [0.4, 0.5) is 11.7 Å². The highest BCUT2D eigenvalue weighted by molar-refractivity contribution is 5.52. The molecule has 122 valence electrons. The van der Waals surface area contributed by atoms with Gasteiger partial charge >= 0.3 is 6.01 Å². The van der Waals surface area contributed by atoms with E-state index in [2.05, 4.69) is 44.3 Å². The van der Waals surface area contributed by atoms with E-state index < -0.39 is 0 Å². The van der Waals surface area contributed by atoms with Crippen molar-refractivity contribution in [2.24, 2.45) is 7.05 Å². The molecule has 0 amide bonds. The normalized spacial score (nSPS) is 14.9. The Hall–Kier alpha value is -2.89. The molecule has 0 aliphatic carbocycles. The van der Waals surface area contributed by atoms with Crippen molar-refractivity contribution >= 4 is 11.7 Å². The Balaban J connectivity index is 1.44. The van der Waals surface area contributed by atoms with Crippen molar-refractivity contribution in [3.8, 4) is 11.5 Å². The smallest absolute Gasteiger partial charge is 0.318 e. The summed E-state index contributed by atoms with van der Waals surface area (Å²) in [7, 11) is 1.98. The van der Waals surface area contributed by atoms with Gasteiger partial charge in [-0.1, -0.05) is 23.3 Å². The Bertz CT molecular complexity index is 792. The van der Waals surface area contributed by atoms with E-state index in [-0.39, 0.29) is 0 Å². The van der Waals surface area contributed by atoms with Crippen LogP contribution in [0.1, 0.15) is 0 Å². The second-order valence-electron chi connectivity index (χ2n) is 5.95. The Morgan fingerprint density at radius 3 is 2.25 bits per heavy atom. The molecule has 6 nitrogen and oxygen atoms in total. The lowest BCUT2D eigenvalue weighted by Gasteiger charge is -2.35. The first-order valence-electron chi connectivity index (χ1n) is 8.14. The van der Waals surface area contributed by atoms with Crippen LogP contribution in [-0.4, -0.2) is 36.4 Å². The highest BCUT2D eigenvalue weighted by atomic mass is 16.4. The molecule has 1 saturated heterocycles. The van der Waals surface area contributed by atoms with Gasteiger partial charge in [-0.05, 0) is 12.1 Å². The standard InChI is InChI=1S/C18H20N5O/c1-21-9-7-15(8-10-21)17-19-20-18(24-17)23-13-11-22(12-14-23)16-5-3-2-4-6-16/h2-10H,11-14H2,1H3/q+1. The number of hydrogen-bond donors (Lipinski definition) is 0. The molecule has 2 aromatic heterocycles. The van der Waals surface area contributed by atoms with E-state index in [0.717, 1.165) is 31.7 Å². The molecular formula is C18H20N5O+. The van der Waals surface area contributed by atoms with E-state index in [9.17, 15) is 0 Å². The summed E-state index contributed by atoms with van der Waals surface area (Å²) in [4.78, 5) is 4.53. The van der Waals surface area contributed by atoms with Gasteiger partial charge in [-0.3, -0.25) is 0 Å². The second-order valence-corrected chi connectivity index (χ2v) is 5.95. The highest BCUT2D eigenvalue weighted by Crippen LogP contribution is 2.23. The molecule has 0 radical (unpaired) electrons. The second kappa shape index (κ2) is 6.31. The number of para-hydroxylation sites is 1. The molecule has 1 aromatic carbocycles. The maximum absolute atomic E-state index is 5.87. The van der Waals surface area contributed by atoms with E-state index in [1.165, 1.54) is 5.69 Å². The van der Waals surface area contributed by atoms with Gasteiger partial charge in [0.2, 0.25) is 5.89 Å². The third kappa shape index (κ3) is 2.95. The first-order chi connectivity index (χ1) is 11.8. The average Bonchev–Trinajstić information content (AvgIpc) is 3.13. The fourth-order valence-electron chi connectivity index (χ4n) is 2.90. The molecule has 0 unspecified atom stereocenters. The lowest BCUT2D eigenvalue weighted by molar-refractivity contribution is -0.671. The van der Waals surface area contributed by atoms with Crippen molar-refractivity contribution in [2.75, 3.05) is 36.0 Å². The molecule has 0 spiro atoms. The fourth-order valence-corrected chi connectivity index (χ4v) is 2.90. The van der Waals surface area contributed by atoms with Gasteiger partial charge in [-0.15, -0.1) is 5.10 Å². The summed E-state index contributed by atoms with van der Waals surface area (Å²) in [6.07, 6.45) is 3.94. The van der Waals surface area contributed by atoms with Crippen LogP contribution >= 0.6 is 0 Å². The molecule has 0 N–H and O–H groups in total. The van der Waals surface area contributed by atoms with E-state index in [4.69, 9.17) is 4.42 Å². The van der Waals surface area contributed by atoms with E-state index in [1.54, 1.807) is 0 Å². The van der Waals surface area contributed by atoms with Gasteiger partial charge in [0, 0.05) is 44.0 Å². The van der Waals surface area contributed by atoms with Crippen LogP contribution in [-0.2, 0) is 7.05 Å². The number of hydrogen-bond acceptors (Lipinski definition) is 5. The van der Waals surface area contributed by atoms with E-state index in [0.29, 0.717) is 11.9 Å². The maximum Gasteiger partial charge on any atom is 0.318 e. The molecule has 1 aliphatic rings. The highest BCUT2D eigenvalue weighted by Gasteiger charge is 2.22. The van der Waals surface area contributed by atoms with Crippen molar-refractivity contribution in [3.05, 3.63) is 54.9 Å². The van der Waals surface area contributed by atoms with Gasteiger partial charge in [0.25, 0.3) is 0 Å². The summed E-state index contributed by atoms with van der Waals surface area (Å²) in [6.45, 7) is 3.65. The quantitative estimate of drug-likeness (QED) is 0.689.